The van der Waals surface area contributed by atoms with Crippen LogP contribution in [0, 0.1) is 0 Å². The summed E-state index contributed by atoms with van der Waals surface area (Å²) in [4.78, 5) is 12.5. The number of hydrogen-bond donors (Lipinski definition) is 0. The third-order valence-corrected chi connectivity index (χ3v) is 4.89. The highest BCUT2D eigenvalue weighted by molar-refractivity contribution is 6.08. The quantitative estimate of drug-likeness (QED) is 0.345. The van der Waals surface area contributed by atoms with Crippen molar-refractivity contribution in [3.05, 3.63) is 83.7 Å². The lowest BCUT2D eigenvalue weighted by Crippen LogP contribution is -2.01. The van der Waals surface area contributed by atoms with Gasteiger partial charge in [0, 0.05) is 16.7 Å². The molecule has 0 saturated carbocycles. The highest BCUT2D eigenvalue weighted by Crippen LogP contribution is 2.40. The Hall–Kier alpha value is -4.33. The number of ketones is 1. The first-order valence-electron chi connectivity index (χ1n) is 10.1. The number of nitrogens with zero attached hydrogens (tertiary/aromatic N) is 2. The molecule has 0 spiro atoms. The van der Waals surface area contributed by atoms with E-state index in [-0.39, 0.29) is 18.3 Å². The lowest BCUT2D eigenvalue weighted by atomic mass is 10.0. The van der Waals surface area contributed by atoms with Gasteiger partial charge in [-0.1, -0.05) is 30.3 Å². The van der Waals surface area contributed by atoms with E-state index in [1.807, 2.05) is 18.2 Å². The molecule has 1 heterocycles. The zero-order chi connectivity index (χ0) is 23.2. The molecule has 0 fully saturated rings. The van der Waals surface area contributed by atoms with Gasteiger partial charge in [0.25, 0.3) is 5.89 Å². The molecule has 33 heavy (non-hydrogen) atoms. The minimum atomic E-state index is -0.0472. The van der Waals surface area contributed by atoms with Gasteiger partial charge in [-0.05, 0) is 36.4 Å². The van der Waals surface area contributed by atoms with Crippen LogP contribution in [0.25, 0.3) is 11.5 Å². The van der Waals surface area contributed by atoms with Gasteiger partial charge in [0.2, 0.25) is 11.6 Å². The van der Waals surface area contributed by atoms with Crippen molar-refractivity contribution in [2.24, 2.45) is 0 Å². The molecule has 0 bridgehead atoms. The fourth-order valence-corrected chi connectivity index (χ4v) is 3.24. The topological polar surface area (TPSA) is 92.9 Å². The van der Waals surface area contributed by atoms with E-state index in [1.165, 1.54) is 21.3 Å². The van der Waals surface area contributed by atoms with Crippen LogP contribution in [0.1, 0.15) is 21.8 Å². The molecule has 0 radical (unpaired) electrons. The van der Waals surface area contributed by atoms with E-state index in [4.69, 9.17) is 23.4 Å². The Morgan fingerprint density at radius 2 is 1.45 bits per heavy atom. The van der Waals surface area contributed by atoms with Crippen LogP contribution >= 0.6 is 0 Å². The predicted molar refractivity (Wildman–Crippen MR) is 120 cm³/mol. The number of methoxy groups -OCH3 is 3. The summed E-state index contributed by atoms with van der Waals surface area (Å²) in [6.45, 7) is 0.0728. The van der Waals surface area contributed by atoms with E-state index in [0.717, 1.165) is 0 Å². The standard InChI is InChI=1S/C25H22N2O6/c1-29-20-13-18(14-21(30-2)24(20)31-3)25-27-26-22(33-25)15-32-19-11-9-17(10-12-19)23(28)16-7-5-4-6-8-16/h4-14H,15H2,1-3H3. The largest absolute Gasteiger partial charge is 0.493 e. The van der Waals surface area contributed by atoms with Crippen LogP contribution in [0.2, 0.25) is 0 Å². The van der Waals surface area contributed by atoms with Crippen LogP contribution in [-0.2, 0) is 6.61 Å². The first kappa shape index (κ1) is 21.9. The lowest BCUT2D eigenvalue weighted by Gasteiger charge is -2.12. The third-order valence-electron chi connectivity index (χ3n) is 4.89. The Labute approximate surface area is 190 Å². The Kier molecular flexibility index (Phi) is 6.54. The molecule has 0 saturated heterocycles. The van der Waals surface area contributed by atoms with E-state index >= 15 is 0 Å². The minimum Gasteiger partial charge on any atom is -0.493 e. The van der Waals surface area contributed by atoms with Gasteiger partial charge in [-0.3, -0.25) is 4.79 Å². The third kappa shape index (κ3) is 4.79. The molecule has 8 heteroatoms. The SMILES string of the molecule is COc1cc(-c2nnc(COc3ccc(C(=O)c4ccccc4)cc3)o2)cc(OC)c1OC. The van der Waals surface area contributed by atoms with E-state index in [1.54, 1.807) is 48.5 Å². The maximum atomic E-state index is 12.5. The summed E-state index contributed by atoms with van der Waals surface area (Å²) in [5, 5.41) is 8.12. The summed E-state index contributed by atoms with van der Waals surface area (Å²) in [7, 11) is 4.60. The van der Waals surface area contributed by atoms with Gasteiger partial charge in [-0.15, -0.1) is 10.2 Å². The molecule has 168 valence electrons. The maximum absolute atomic E-state index is 12.5. The van der Waals surface area contributed by atoms with Gasteiger partial charge in [0.05, 0.1) is 21.3 Å². The summed E-state index contributed by atoms with van der Waals surface area (Å²) in [6.07, 6.45) is 0. The van der Waals surface area contributed by atoms with Crippen molar-refractivity contribution >= 4 is 5.78 Å². The number of hydrogen-bond acceptors (Lipinski definition) is 8. The Bertz CT molecular complexity index is 1210. The molecule has 0 aliphatic carbocycles. The Morgan fingerprint density at radius 3 is 2.06 bits per heavy atom. The summed E-state index contributed by atoms with van der Waals surface area (Å²) in [5.41, 5.74) is 1.83. The number of carbonyl (C=O) groups is 1. The average molecular weight is 446 g/mol. The van der Waals surface area contributed by atoms with Gasteiger partial charge in [0.15, 0.2) is 23.9 Å². The van der Waals surface area contributed by atoms with E-state index in [0.29, 0.717) is 45.6 Å². The second kappa shape index (κ2) is 9.86. The number of benzene rings is 3. The van der Waals surface area contributed by atoms with Crippen LogP contribution in [0.5, 0.6) is 23.0 Å². The fraction of sp³-hybridized carbons (Fsp3) is 0.160. The summed E-state index contributed by atoms with van der Waals surface area (Å²) in [5.74, 6) is 2.54. The number of rotatable bonds is 9. The van der Waals surface area contributed by atoms with Crippen molar-refractivity contribution in [3.8, 4) is 34.5 Å². The van der Waals surface area contributed by atoms with Gasteiger partial charge >= 0.3 is 0 Å². The number of carbonyl (C=O) groups excluding carboxylic acids is 1. The van der Waals surface area contributed by atoms with Gasteiger partial charge in [0.1, 0.15) is 5.75 Å². The zero-order valence-electron chi connectivity index (χ0n) is 18.4. The van der Waals surface area contributed by atoms with E-state index in [2.05, 4.69) is 10.2 Å². The first-order valence-corrected chi connectivity index (χ1v) is 10.1. The predicted octanol–water partition coefficient (Wildman–Crippen LogP) is 4.57. The molecule has 0 aliphatic rings. The molecule has 0 N–H and O–H groups in total. The van der Waals surface area contributed by atoms with Crippen molar-refractivity contribution in [2.75, 3.05) is 21.3 Å². The normalized spacial score (nSPS) is 10.5. The fourth-order valence-electron chi connectivity index (χ4n) is 3.24. The van der Waals surface area contributed by atoms with Crippen molar-refractivity contribution in [1.82, 2.24) is 10.2 Å². The van der Waals surface area contributed by atoms with Crippen LogP contribution in [0.15, 0.2) is 71.1 Å². The zero-order valence-corrected chi connectivity index (χ0v) is 18.4. The minimum absolute atomic E-state index is 0.0472. The first-order chi connectivity index (χ1) is 16.1. The number of aromatic nitrogens is 2. The molecule has 3 aromatic carbocycles. The van der Waals surface area contributed by atoms with E-state index in [9.17, 15) is 4.79 Å². The molecule has 0 amide bonds. The molecule has 0 unspecified atom stereocenters. The molecule has 0 atom stereocenters. The summed E-state index contributed by atoms with van der Waals surface area (Å²) >= 11 is 0. The summed E-state index contributed by atoms with van der Waals surface area (Å²) < 4.78 is 27.5. The van der Waals surface area contributed by atoms with Gasteiger partial charge in [-0.2, -0.15) is 0 Å². The maximum Gasteiger partial charge on any atom is 0.254 e. The highest BCUT2D eigenvalue weighted by Gasteiger charge is 2.18. The van der Waals surface area contributed by atoms with Crippen LogP contribution in [0.4, 0.5) is 0 Å². The smallest absolute Gasteiger partial charge is 0.254 e. The second-order valence-corrected chi connectivity index (χ2v) is 6.92. The van der Waals surface area contributed by atoms with Gasteiger partial charge in [-0.25, -0.2) is 0 Å². The van der Waals surface area contributed by atoms with Crippen molar-refractivity contribution in [3.63, 3.8) is 0 Å². The average Bonchev–Trinajstić information content (AvgIpc) is 3.36. The monoisotopic (exact) mass is 446 g/mol. The second-order valence-electron chi connectivity index (χ2n) is 6.92. The van der Waals surface area contributed by atoms with Crippen LogP contribution in [0.3, 0.4) is 0 Å². The number of ether oxygens (including phenoxy) is 4. The Balaban J connectivity index is 1.44. The lowest BCUT2D eigenvalue weighted by molar-refractivity contribution is 0.103. The van der Waals surface area contributed by atoms with Crippen molar-refractivity contribution in [1.29, 1.82) is 0 Å². The molecule has 0 aliphatic heterocycles. The van der Waals surface area contributed by atoms with Crippen LogP contribution < -0.4 is 18.9 Å². The molecule has 1 aromatic heterocycles. The van der Waals surface area contributed by atoms with Crippen LogP contribution in [-0.4, -0.2) is 37.3 Å². The molecular formula is C25H22N2O6. The van der Waals surface area contributed by atoms with Crippen molar-refractivity contribution < 1.29 is 28.2 Å². The summed E-state index contributed by atoms with van der Waals surface area (Å²) in [6, 6.07) is 19.5. The Morgan fingerprint density at radius 1 is 0.818 bits per heavy atom. The van der Waals surface area contributed by atoms with Crippen molar-refractivity contribution in [2.45, 2.75) is 6.61 Å². The molecule has 4 aromatic rings. The van der Waals surface area contributed by atoms with E-state index < -0.39 is 0 Å². The van der Waals surface area contributed by atoms with Gasteiger partial charge < -0.3 is 23.4 Å². The molecule has 4 rings (SSSR count). The highest BCUT2D eigenvalue weighted by atomic mass is 16.5. The molecule has 8 nitrogen and oxygen atoms in total. The molecular weight excluding hydrogens is 424 g/mol.